The van der Waals surface area contributed by atoms with Gasteiger partial charge in [-0.25, -0.2) is 5.48 Å². The summed E-state index contributed by atoms with van der Waals surface area (Å²) >= 11 is 0. The van der Waals surface area contributed by atoms with Crippen molar-refractivity contribution in [3.8, 4) is 0 Å². The van der Waals surface area contributed by atoms with E-state index >= 15 is 0 Å². The van der Waals surface area contributed by atoms with E-state index in [2.05, 4.69) is 10.8 Å². The van der Waals surface area contributed by atoms with E-state index in [9.17, 15) is 14.7 Å². The van der Waals surface area contributed by atoms with Gasteiger partial charge in [-0.15, -0.1) is 0 Å². The Hall–Kier alpha value is -1.96. The number of hydroxylamine groups is 1. The molecule has 2 amide bonds. The van der Waals surface area contributed by atoms with Crippen LogP contribution in [0.2, 0.25) is 0 Å². The third kappa shape index (κ3) is 8.07. The number of aliphatic hydroxyl groups excluding tert-OH is 1. The number of rotatable bonds is 10. The molecule has 1 aromatic carbocycles. The molecule has 5 N–H and O–H groups in total. The summed E-state index contributed by atoms with van der Waals surface area (Å²) in [7, 11) is 0. The van der Waals surface area contributed by atoms with E-state index in [4.69, 9.17) is 10.6 Å². The fraction of sp³-hybridized carbons (Fsp3) is 0.600. The Morgan fingerprint density at radius 1 is 1.19 bits per heavy atom. The zero-order valence-corrected chi connectivity index (χ0v) is 15.7. The van der Waals surface area contributed by atoms with Gasteiger partial charge in [0.15, 0.2) is 6.61 Å². The Kier molecular flexibility index (Phi) is 9.24. The minimum atomic E-state index is -1.34. The van der Waals surface area contributed by atoms with Crippen molar-refractivity contribution in [3.63, 3.8) is 0 Å². The molecule has 7 heteroatoms. The van der Waals surface area contributed by atoms with Crippen molar-refractivity contribution < 1.29 is 19.5 Å². The van der Waals surface area contributed by atoms with Gasteiger partial charge in [0, 0.05) is 12.6 Å². The van der Waals surface area contributed by atoms with Crippen molar-refractivity contribution in [3.05, 3.63) is 35.9 Å². The number of amides is 2. The van der Waals surface area contributed by atoms with Crippen molar-refractivity contribution in [2.75, 3.05) is 13.2 Å². The molecular formula is C20H31N3O4. The summed E-state index contributed by atoms with van der Waals surface area (Å²) in [4.78, 5) is 28.5. The summed E-state index contributed by atoms with van der Waals surface area (Å²) in [5.41, 5.74) is 9.19. The van der Waals surface area contributed by atoms with Crippen LogP contribution in [0.15, 0.2) is 30.3 Å². The number of nitrogens with one attached hydrogen (secondary N) is 2. The maximum atomic E-state index is 11.9. The fourth-order valence-corrected chi connectivity index (χ4v) is 3.41. The largest absolute Gasteiger partial charge is 0.382 e. The van der Waals surface area contributed by atoms with Crippen molar-refractivity contribution in [1.82, 2.24) is 10.8 Å². The van der Waals surface area contributed by atoms with E-state index in [1.807, 2.05) is 30.3 Å². The molecule has 0 saturated heterocycles. The fourth-order valence-electron chi connectivity index (χ4n) is 3.41. The molecule has 1 aliphatic carbocycles. The van der Waals surface area contributed by atoms with E-state index in [1.54, 1.807) is 0 Å². The highest BCUT2D eigenvalue weighted by Crippen LogP contribution is 2.27. The van der Waals surface area contributed by atoms with E-state index in [-0.39, 0.29) is 12.5 Å². The molecule has 0 spiro atoms. The van der Waals surface area contributed by atoms with E-state index in [0.717, 1.165) is 18.4 Å². The van der Waals surface area contributed by atoms with Gasteiger partial charge in [0.25, 0.3) is 5.91 Å². The molecule has 0 aliphatic heterocycles. The molecule has 2 rings (SSSR count). The van der Waals surface area contributed by atoms with Gasteiger partial charge in [-0.3, -0.25) is 14.4 Å². The Bertz CT molecular complexity index is 576. The normalized spacial score (nSPS) is 17.1. The molecule has 1 saturated carbocycles. The lowest BCUT2D eigenvalue weighted by molar-refractivity contribution is -0.146. The van der Waals surface area contributed by atoms with Gasteiger partial charge in [0.1, 0.15) is 6.10 Å². The van der Waals surface area contributed by atoms with Crippen LogP contribution in [0.1, 0.15) is 44.1 Å². The first-order valence-electron chi connectivity index (χ1n) is 9.72. The van der Waals surface area contributed by atoms with Crippen LogP contribution in [0.5, 0.6) is 0 Å². The van der Waals surface area contributed by atoms with Crippen molar-refractivity contribution in [2.45, 2.75) is 57.1 Å². The number of benzene rings is 1. The van der Waals surface area contributed by atoms with Gasteiger partial charge in [-0.2, -0.15) is 0 Å². The Labute approximate surface area is 160 Å². The molecule has 0 bridgehead atoms. The monoisotopic (exact) mass is 377 g/mol. The number of hydrogen-bond acceptors (Lipinski definition) is 5. The summed E-state index contributed by atoms with van der Waals surface area (Å²) in [5, 5.41) is 12.7. The van der Waals surface area contributed by atoms with E-state index < -0.39 is 18.1 Å². The van der Waals surface area contributed by atoms with Crippen molar-refractivity contribution in [1.29, 1.82) is 0 Å². The molecule has 1 aliphatic rings. The van der Waals surface area contributed by atoms with Crippen LogP contribution >= 0.6 is 0 Å². The zero-order valence-electron chi connectivity index (χ0n) is 15.7. The SMILES string of the molecule is NC(CC1CCCCC1)C(O)C(=O)NOCC(=O)NCCc1ccccc1. The molecule has 7 nitrogen and oxygen atoms in total. The maximum absolute atomic E-state index is 11.9. The van der Waals surface area contributed by atoms with Gasteiger partial charge < -0.3 is 16.2 Å². The van der Waals surface area contributed by atoms with E-state index in [1.165, 1.54) is 19.3 Å². The van der Waals surface area contributed by atoms with Crippen molar-refractivity contribution >= 4 is 11.8 Å². The van der Waals surface area contributed by atoms with Crippen LogP contribution in [0, 0.1) is 5.92 Å². The van der Waals surface area contributed by atoms with E-state index in [0.29, 0.717) is 25.3 Å². The molecule has 27 heavy (non-hydrogen) atoms. The van der Waals surface area contributed by atoms with Crippen LogP contribution in [0.4, 0.5) is 0 Å². The van der Waals surface area contributed by atoms with Crippen LogP contribution in [0.3, 0.4) is 0 Å². The average molecular weight is 377 g/mol. The molecule has 150 valence electrons. The Balaban J connectivity index is 1.57. The highest BCUT2D eigenvalue weighted by molar-refractivity contribution is 5.81. The number of carbonyl (C=O) groups excluding carboxylic acids is 2. The molecule has 0 aromatic heterocycles. The first-order chi connectivity index (χ1) is 13.1. The minimum absolute atomic E-state index is 0.314. The lowest BCUT2D eigenvalue weighted by Crippen LogP contribution is -2.47. The quantitative estimate of drug-likeness (QED) is 0.455. The third-order valence-corrected chi connectivity index (χ3v) is 4.96. The third-order valence-electron chi connectivity index (χ3n) is 4.96. The first-order valence-corrected chi connectivity index (χ1v) is 9.72. The smallest absolute Gasteiger partial charge is 0.273 e. The highest BCUT2D eigenvalue weighted by atomic mass is 16.7. The summed E-state index contributed by atoms with van der Waals surface area (Å²) in [6.45, 7) is 0.167. The van der Waals surface area contributed by atoms with Gasteiger partial charge in [0.05, 0.1) is 0 Å². The van der Waals surface area contributed by atoms with Crippen molar-refractivity contribution in [2.24, 2.45) is 11.7 Å². The van der Waals surface area contributed by atoms with Gasteiger partial charge in [0.2, 0.25) is 5.91 Å². The molecule has 2 atom stereocenters. The molecule has 1 fully saturated rings. The number of hydrogen-bond donors (Lipinski definition) is 4. The molecule has 1 aromatic rings. The second-order valence-corrected chi connectivity index (χ2v) is 7.19. The van der Waals surface area contributed by atoms with Gasteiger partial charge in [-0.1, -0.05) is 62.4 Å². The predicted molar refractivity (Wildman–Crippen MR) is 102 cm³/mol. The summed E-state index contributed by atoms with van der Waals surface area (Å²) in [5.74, 6) is -0.588. The summed E-state index contributed by atoms with van der Waals surface area (Å²) in [6.07, 6.45) is 5.81. The number of carbonyl (C=O) groups is 2. The molecule has 0 radical (unpaired) electrons. The van der Waals surface area contributed by atoms with Gasteiger partial charge in [-0.05, 0) is 24.3 Å². The summed E-state index contributed by atoms with van der Waals surface area (Å²) < 4.78 is 0. The maximum Gasteiger partial charge on any atom is 0.273 e. The zero-order chi connectivity index (χ0) is 19.5. The molecular weight excluding hydrogens is 346 g/mol. The topological polar surface area (TPSA) is 114 Å². The predicted octanol–water partition coefficient (Wildman–Crippen LogP) is 1.05. The Morgan fingerprint density at radius 2 is 1.89 bits per heavy atom. The number of nitrogens with two attached hydrogens (primary N) is 1. The minimum Gasteiger partial charge on any atom is -0.382 e. The van der Waals surface area contributed by atoms with Crippen LogP contribution in [-0.2, 0) is 20.8 Å². The van der Waals surface area contributed by atoms with Crippen LogP contribution in [-0.4, -0.2) is 42.2 Å². The van der Waals surface area contributed by atoms with Crippen LogP contribution in [0.25, 0.3) is 0 Å². The second-order valence-electron chi connectivity index (χ2n) is 7.19. The van der Waals surface area contributed by atoms with Gasteiger partial charge >= 0.3 is 0 Å². The molecule has 0 heterocycles. The number of aliphatic hydroxyl groups is 1. The Morgan fingerprint density at radius 3 is 2.59 bits per heavy atom. The first kappa shape index (κ1) is 21.3. The lowest BCUT2D eigenvalue weighted by atomic mass is 9.84. The second kappa shape index (κ2) is 11.7. The summed E-state index contributed by atoms with van der Waals surface area (Å²) in [6, 6.07) is 9.17. The standard InChI is InChI=1S/C20H31N3O4/c21-17(13-16-9-5-2-6-10-16)19(25)20(26)23-27-14-18(24)22-12-11-15-7-3-1-4-8-15/h1,3-4,7-8,16-17,19,25H,2,5-6,9-14,21H2,(H,22,24)(H,23,26). The van der Waals surface area contributed by atoms with Crippen LogP contribution < -0.4 is 16.5 Å². The highest BCUT2D eigenvalue weighted by Gasteiger charge is 2.26. The lowest BCUT2D eigenvalue weighted by Gasteiger charge is -2.26. The average Bonchev–Trinajstić information content (AvgIpc) is 2.69. The molecule has 2 unspecified atom stereocenters.